The number of aryl methyl sites for hydroxylation is 1. The zero-order valence-corrected chi connectivity index (χ0v) is 15.9. The van der Waals surface area contributed by atoms with E-state index in [4.69, 9.17) is 4.74 Å². The van der Waals surface area contributed by atoms with E-state index < -0.39 is 11.4 Å². The van der Waals surface area contributed by atoms with Crippen LogP contribution in [0.1, 0.15) is 42.3 Å². The molecule has 0 spiro atoms. The Kier molecular flexibility index (Phi) is 4.95. The fraction of sp³-hybridized carbons (Fsp3) is 0.227. The van der Waals surface area contributed by atoms with E-state index in [2.05, 4.69) is 5.10 Å². The van der Waals surface area contributed by atoms with Gasteiger partial charge in [0.15, 0.2) is 0 Å². The first-order valence-corrected chi connectivity index (χ1v) is 8.74. The summed E-state index contributed by atoms with van der Waals surface area (Å²) in [4.78, 5) is 24.5. The fourth-order valence-corrected chi connectivity index (χ4v) is 2.99. The predicted octanol–water partition coefficient (Wildman–Crippen LogP) is 4.29. The van der Waals surface area contributed by atoms with Crippen molar-refractivity contribution >= 4 is 17.6 Å². The second-order valence-corrected chi connectivity index (χ2v) is 7.04. The molecule has 2 aromatic rings. The average Bonchev–Trinajstić information content (AvgIpc) is 2.91. The molecule has 1 aliphatic rings. The largest absolute Gasteiger partial charge is 0.433 e. The monoisotopic (exact) mass is 362 g/mol. The smallest absolute Gasteiger partial charge is 0.307 e. The summed E-state index contributed by atoms with van der Waals surface area (Å²) >= 11 is 0. The van der Waals surface area contributed by atoms with Gasteiger partial charge in [-0.2, -0.15) is 10.1 Å². The molecular formula is C22H22N2O3. The van der Waals surface area contributed by atoms with Crippen LogP contribution in [0.25, 0.3) is 0 Å². The minimum Gasteiger partial charge on any atom is -0.433 e. The summed E-state index contributed by atoms with van der Waals surface area (Å²) in [5, 5.41) is 5.94. The lowest BCUT2D eigenvalue weighted by atomic mass is 9.81. The van der Waals surface area contributed by atoms with E-state index in [9.17, 15) is 9.59 Å². The molecule has 0 atom stereocenters. The number of carbonyl (C=O) groups excluding carboxylic acids is 2. The number of nitrogens with zero attached hydrogens (tertiary/aromatic N) is 2. The highest BCUT2D eigenvalue weighted by Crippen LogP contribution is 2.40. The quantitative estimate of drug-likeness (QED) is 0.605. The molecule has 0 saturated carbocycles. The van der Waals surface area contributed by atoms with Gasteiger partial charge in [-0.05, 0) is 38.5 Å². The Bertz CT molecular complexity index is 926. The van der Waals surface area contributed by atoms with Crippen molar-refractivity contribution in [1.82, 2.24) is 5.01 Å². The molecule has 0 bridgehead atoms. The minimum absolute atomic E-state index is 0.271. The van der Waals surface area contributed by atoms with Crippen LogP contribution in [0.4, 0.5) is 0 Å². The summed E-state index contributed by atoms with van der Waals surface area (Å²) in [6.45, 7) is 7.20. The standard InChI is InChI=1S/C22H22N2O3/c1-15-10-12-18(13-11-15)21(26)24-19(14-27-16(2)25)22(3,4)20(23-24)17-8-6-5-7-9-17/h5-14H,1-4H3/b19-14-. The van der Waals surface area contributed by atoms with E-state index in [1.54, 1.807) is 12.1 Å². The molecule has 1 amide bonds. The molecule has 0 unspecified atom stereocenters. The van der Waals surface area contributed by atoms with Gasteiger partial charge in [-0.25, -0.2) is 0 Å². The molecular weight excluding hydrogens is 340 g/mol. The van der Waals surface area contributed by atoms with E-state index in [1.165, 1.54) is 18.2 Å². The van der Waals surface area contributed by atoms with Crippen molar-refractivity contribution < 1.29 is 14.3 Å². The molecule has 1 aliphatic heterocycles. The van der Waals surface area contributed by atoms with Crippen LogP contribution in [0.2, 0.25) is 0 Å². The Labute approximate surface area is 159 Å². The van der Waals surface area contributed by atoms with Crippen LogP contribution in [0, 0.1) is 12.3 Å². The molecule has 138 valence electrons. The van der Waals surface area contributed by atoms with Gasteiger partial charge in [0.2, 0.25) is 0 Å². The van der Waals surface area contributed by atoms with Crippen LogP contribution < -0.4 is 0 Å². The second kappa shape index (κ2) is 7.19. The Balaban J connectivity index is 2.08. The molecule has 0 aromatic heterocycles. The Morgan fingerprint density at radius 2 is 1.67 bits per heavy atom. The first-order valence-electron chi connectivity index (χ1n) is 8.74. The minimum atomic E-state index is -0.614. The molecule has 0 N–H and O–H groups in total. The van der Waals surface area contributed by atoms with Crippen LogP contribution in [0.3, 0.4) is 0 Å². The first-order chi connectivity index (χ1) is 12.8. The molecule has 5 heteroatoms. The molecule has 3 rings (SSSR count). The lowest BCUT2D eigenvalue weighted by molar-refractivity contribution is -0.135. The van der Waals surface area contributed by atoms with Gasteiger partial charge in [-0.15, -0.1) is 0 Å². The summed E-state index contributed by atoms with van der Waals surface area (Å²) in [6.07, 6.45) is 1.33. The number of hydrazone groups is 1. The van der Waals surface area contributed by atoms with Crippen LogP contribution in [-0.2, 0) is 9.53 Å². The highest BCUT2D eigenvalue weighted by Gasteiger charge is 2.43. The maximum atomic E-state index is 13.1. The number of hydrogen-bond donors (Lipinski definition) is 0. The van der Waals surface area contributed by atoms with Crippen molar-refractivity contribution in [3.8, 4) is 0 Å². The number of benzene rings is 2. The van der Waals surface area contributed by atoms with E-state index >= 15 is 0 Å². The van der Waals surface area contributed by atoms with Gasteiger partial charge in [0.25, 0.3) is 5.91 Å². The fourth-order valence-electron chi connectivity index (χ4n) is 2.99. The lowest BCUT2D eigenvalue weighted by Gasteiger charge is -2.24. The third-order valence-corrected chi connectivity index (χ3v) is 4.54. The van der Waals surface area contributed by atoms with Gasteiger partial charge in [-0.1, -0.05) is 48.0 Å². The topological polar surface area (TPSA) is 59.0 Å². The Morgan fingerprint density at radius 1 is 1.04 bits per heavy atom. The molecule has 2 aromatic carbocycles. The molecule has 1 heterocycles. The highest BCUT2D eigenvalue weighted by molar-refractivity contribution is 6.10. The predicted molar refractivity (Wildman–Crippen MR) is 104 cm³/mol. The molecule has 0 aliphatic carbocycles. The zero-order chi connectivity index (χ0) is 19.6. The summed E-state index contributed by atoms with van der Waals surface area (Å²) < 4.78 is 5.11. The third kappa shape index (κ3) is 3.67. The number of ether oxygens (including phenoxy) is 1. The van der Waals surface area contributed by atoms with Gasteiger partial charge < -0.3 is 4.74 Å². The van der Waals surface area contributed by atoms with Crippen molar-refractivity contribution in [3.05, 3.63) is 83.2 Å². The second-order valence-electron chi connectivity index (χ2n) is 7.04. The van der Waals surface area contributed by atoms with E-state index in [1.807, 2.05) is 63.2 Å². The van der Waals surface area contributed by atoms with Crippen molar-refractivity contribution in [1.29, 1.82) is 0 Å². The summed E-state index contributed by atoms with van der Waals surface area (Å²) in [7, 11) is 0. The first kappa shape index (κ1) is 18.6. The summed E-state index contributed by atoms with van der Waals surface area (Å²) in [5.74, 6) is -0.721. The number of allylic oxidation sites excluding steroid dienone is 1. The van der Waals surface area contributed by atoms with Gasteiger partial charge >= 0.3 is 5.97 Å². The van der Waals surface area contributed by atoms with Gasteiger partial charge in [-0.3, -0.25) is 9.59 Å². The zero-order valence-electron chi connectivity index (χ0n) is 15.9. The number of rotatable bonds is 3. The maximum Gasteiger partial charge on any atom is 0.307 e. The van der Waals surface area contributed by atoms with Crippen molar-refractivity contribution in [2.24, 2.45) is 10.5 Å². The molecule has 0 saturated heterocycles. The normalized spacial score (nSPS) is 17.0. The van der Waals surface area contributed by atoms with Gasteiger partial charge in [0.05, 0.1) is 16.8 Å². The van der Waals surface area contributed by atoms with Gasteiger partial charge in [0.1, 0.15) is 6.26 Å². The van der Waals surface area contributed by atoms with E-state index in [-0.39, 0.29) is 5.91 Å². The maximum absolute atomic E-state index is 13.1. The van der Waals surface area contributed by atoms with E-state index in [0.29, 0.717) is 11.3 Å². The molecule has 0 fully saturated rings. The van der Waals surface area contributed by atoms with Crippen molar-refractivity contribution in [2.45, 2.75) is 27.7 Å². The molecule has 27 heavy (non-hydrogen) atoms. The number of amides is 1. The highest BCUT2D eigenvalue weighted by atomic mass is 16.5. The number of hydrogen-bond acceptors (Lipinski definition) is 4. The average molecular weight is 362 g/mol. The summed E-state index contributed by atoms with van der Waals surface area (Å²) in [6, 6.07) is 17.0. The van der Waals surface area contributed by atoms with Crippen molar-refractivity contribution in [2.75, 3.05) is 0 Å². The molecule has 0 radical (unpaired) electrons. The SMILES string of the molecule is CC(=O)O/C=C1\N(C(=O)c2ccc(C)cc2)N=C(c2ccccc2)C1(C)C. The van der Waals surface area contributed by atoms with E-state index in [0.717, 1.165) is 16.8 Å². The van der Waals surface area contributed by atoms with Gasteiger partial charge in [0, 0.05) is 12.5 Å². The van der Waals surface area contributed by atoms with Crippen molar-refractivity contribution in [3.63, 3.8) is 0 Å². The van der Waals surface area contributed by atoms with Crippen LogP contribution >= 0.6 is 0 Å². The number of carbonyl (C=O) groups is 2. The van der Waals surface area contributed by atoms with Crippen LogP contribution in [-0.4, -0.2) is 22.6 Å². The Morgan fingerprint density at radius 3 is 2.26 bits per heavy atom. The third-order valence-electron chi connectivity index (χ3n) is 4.54. The Hall–Kier alpha value is -3.21. The molecule has 5 nitrogen and oxygen atoms in total. The summed E-state index contributed by atoms with van der Waals surface area (Å²) in [5.41, 5.74) is 3.14. The lowest BCUT2D eigenvalue weighted by Crippen LogP contribution is -2.29. The van der Waals surface area contributed by atoms with Crippen LogP contribution in [0.5, 0.6) is 0 Å². The van der Waals surface area contributed by atoms with Crippen LogP contribution in [0.15, 0.2) is 71.7 Å². The number of esters is 1.